The Labute approximate surface area is 170 Å². The smallest absolute Gasteiger partial charge is 0.311 e. The Hall–Kier alpha value is -3.06. The van der Waals surface area contributed by atoms with Gasteiger partial charge in [-0.1, -0.05) is 30.3 Å². The lowest BCUT2D eigenvalue weighted by molar-refractivity contribution is -0.147. The minimum Gasteiger partial charge on any atom is -0.454 e. The van der Waals surface area contributed by atoms with Crippen molar-refractivity contribution in [2.75, 3.05) is 33.0 Å². The molecule has 2 aliphatic heterocycles. The van der Waals surface area contributed by atoms with Crippen molar-refractivity contribution < 1.29 is 19.1 Å². The summed E-state index contributed by atoms with van der Waals surface area (Å²) in [7, 11) is 0. The molecule has 7 nitrogen and oxygen atoms in total. The van der Waals surface area contributed by atoms with Gasteiger partial charge in [0.25, 0.3) is 0 Å². The summed E-state index contributed by atoms with van der Waals surface area (Å²) in [5, 5.41) is 2.74. The number of hydrogen-bond acceptors (Lipinski definition) is 5. The number of piperazine rings is 1. The predicted molar refractivity (Wildman–Crippen MR) is 107 cm³/mol. The summed E-state index contributed by atoms with van der Waals surface area (Å²) >= 11 is 0. The molecule has 2 amide bonds. The molecule has 2 aromatic carbocycles. The molecular weight excluding hydrogens is 370 g/mol. The molecule has 0 unspecified atom stereocenters. The molecule has 2 aliphatic rings. The first-order valence-electron chi connectivity index (χ1n) is 9.82. The summed E-state index contributed by atoms with van der Waals surface area (Å²) in [4.78, 5) is 28.6. The second kappa shape index (κ2) is 8.53. The minimum atomic E-state index is -0.544. The molecule has 1 fully saturated rings. The number of benzene rings is 2. The molecule has 0 saturated carbocycles. The Morgan fingerprint density at radius 2 is 1.76 bits per heavy atom. The fraction of sp³-hybridized carbons (Fsp3) is 0.364. The van der Waals surface area contributed by atoms with Crippen molar-refractivity contribution in [3.8, 4) is 11.5 Å². The summed E-state index contributed by atoms with van der Waals surface area (Å²) in [6, 6.07) is 13.8. The van der Waals surface area contributed by atoms with Gasteiger partial charge in [0.2, 0.25) is 6.79 Å². The van der Waals surface area contributed by atoms with Crippen LogP contribution in [0.3, 0.4) is 0 Å². The summed E-state index contributed by atoms with van der Waals surface area (Å²) < 4.78 is 10.8. The molecule has 2 aromatic rings. The lowest BCUT2D eigenvalue weighted by atomic mass is 10.1. The van der Waals surface area contributed by atoms with Crippen molar-refractivity contribution >= 4 is 11.8 Å². The quantitative estimate of drug-likeness (QED) is 0.798. The highest BCUT2D eigenvalue weighted by Gasteiger charge is 2.26. The molecule has 152 valence electrons. The molecule has 0 aliphatic carbocycles. The number of carbonyl (C=O) groups excluding carboxylic acids is 2. The van der Waals surface area contributed by atoms with E-state index < -0.39 is 11.8 Å². The maximum Gasteiger partial charge on any atom is 0.311 e. The van der Waals surface area contributed by atoms with Crippen LogP contribution >= 0.6 is 0 Å². The van der Waals surface area contributed by atoms with Gasteiger partial charge in [0, 0.05) is 39.3 Å². The number of amides is 2. The lowest BCUT2D eigenvalue weighted by Crippen LogP contribution is -2.52. The minimum absolute atomic E-state index is 0.269. The molecule has 7 heteroatoms. The number of nitrogens with one attached hydrogen (secondary N) is 1. The molecule has 0 atom stereocenters. The second-order valence-electron chi connectivity index (χ2n) is 7.37. The molecule has 0 spiro atoms. The van der Waals surface area contributed by atoms with E-state index in [4.69, 9.17) is 9.47 Å². The van der Waals surface area contributed by atoms with Crippen LogP contribution in [0.15, 0.2) is 42.5 Å². The average Bonchev–Trinajstić information content (AvgIpc) is 3.21. The van der Waals surface area contributed by atoms with E-state index in [0.29, 0.717) is 19.6 Å². The van der Waals surface area contributed by atoms with Crippen LogP contribution in [0.1, 0.15) is 16.7 Å². The number of fused-ring (bicyclic) bond motifs is 1. The van der Waals surface area contributed by atoms with Crippen molar-refractivity contribution in [2.24, 2.45) is 0 Å². The van der Waals surface area contributed by atoms with E-state index in [1.54, 1.807) is 4.90 Å². The predicted octanol–water partition coefficient (Wildman–Crippen LogP) is 1.68. The van der Waals surface area contributed by atoms with Crippen molar-refractivity contribution in [1.29, 1.82) is 0 Å². The van der Waals surface area contributed by atoms with Gasteiger partial charge in [0.1, 0.15) is 0 Å². The van der Waals surface area contributed by atoms with Crippen molar-refractivity contribution in [2.45, 2.75) is 20.0 Å². The van der Waals surface area contributed by atoms with E-state index in [1.165, 1.54) is 0 Å². The van der Waals surface area contributed by atoms with Crippen molar-refractivity contribution in [3.63, 3.8) is 0 Å². The Bertz CT molecular complexity index is 907. The Morgan fingerprint density at radius 1 is 1.00 bits per heavy atom. The van der Waals surface area contributed by atoms with Gasteiger partial charge in [0.15, 0.2) is 11.5 Å². The zero-order valence-electron chi connectivity index (χ0n) is 16.5. The summed E-state index contributed by atoms with van der Waals surface area (Å²) in [5.74, 6) is 0.557. The molecule has 29 heavy (non-hydrogen) atoms. The van der Waals surface area contributed by atoms with E-state index in [9.17, 15) is 9.59 Å². The molecule has 0 aromatic heterocycles. The first kappa shape index (κ1) is 19.3. The van der Waals surface area contributed by atoms with E-state index in [2.05, 4.69) is 10.2 Å². The molecule has 4 rings (SSSR count). The molecule has 0 radical (unpaired) electrons. The number of hydrogen-bond donors (Lipinski definition) is 1. The average molecular weight is 395 g/mol. The first-order chi connectivity index (χ1) is 14.1. The number of rotatable bonds is 4. The third-order valence-corrected chi connectivity index (χ3v) is 5.40. The number of carbonyl (C=O) groups is 2. The molecule has 1 saturated heterocycles. The van der Waals surface area contributed by atoms with Crippen LogP contribution in [-0.4, -0.2) is 54.6 Å². The summed E-state index contributed by atoms with van der Waals surface area (Å²) in [6.07, 6.45) is 0. The Morgan fingerprint density at radius 3 is 2.55 bits per heavy atom. The van der Waals surface area contributed by atoms with Gasteiger partial charge >= 0.3 is 11.8 Å². The van der Waals surface area contributed by atoms with Gasteiger partial charge in [-0.05, 0) is 35.7 Å². The van der Waals surface area contributed by atoms with E-state index >= 15 is 0 Å². The first-order valence-corrected chi connectivity index (χ1v) is 9.82. The van der Waals surface area contributed by atoms with Crippen LogP contribution in [0.4, 0.5) is 0 Å². The van der Waals surface area contributed by atoms with Gasteiger partial charge in [-0.2, -0.15) is 0 Å². The van der Waals surface area contributed by atoms with Crippen molar-refractivity contribution in [1.82, 2.24) is 15.1 Å². The van der Waals surface area contributed by atoms with E-state index in [1.807, 2.05) is 49.4 Å². The highest BCUT2D eigenvalue weighted by atomic mass is 16.7. The van der Waals surface area contributed by atoms with Gasteiger partial charge in [-0.25, -0.2) is 0 Å². The molecular formula is C22H25N3O4. The largest absolute Gasteiger partial charge is 0.454 e. The fourth-order valence-electron chi connectivity index (χ4n) is 3.61. The van der Waals surface area contributed by atoms with Crippen LogP contribution in [0, 0.1) is 6.92 Å². The molecule has 2 heterocycles. The van der Waals surface area contributed by atoms with Crippen LogP contribution in [0.2, 0.25) is 0 Å². The zero-order chi connectivity index (χ0) is 20.2. The maximum absolute atomic E-state index is 12.5. The summed E-state index contributed by atoms with van der Waals surface area (Å²) in [6.45, 7) is 5.94. The number of nitrogens with zero attached hydrogens (tertiary/aromatic N) is 2. The van der Waals surface area contributed by atoms with Crippen LogP contribution < -0.4 is 14.8 Å². The standard InChI is InChI=1S/C22H25N3O4/c1-16-4-2-3-5-18(16)13-23-21(26)22(27)25-10-8-24(9-11-25)14-17-6-7-19-20(12-17)29-15-28-19/h2-7,12H,8-11,13-15H2,1H3,(H,23,26). The van der Waals surface area contributed by atoms with Gasteiger partial charge < -0.3 is 19.7 Å². The SMILES string of the molecule is Cc1ccccc1CNC(=O)C(=O)N1CCN(Cc2ccc3c(c2)OCO3)CC1. The van der Waals surface area contributed by atoms with Crippen LogP contribution in [-0.2, 0) is 22.7 Å². The third kappa shape index (κ3) is 4.51. The number of aryl methyl sites for hydroxylation is 1. The van der Waals surface area contributed by atoms with Crippen LogP contribution in [0.25, 0.3) is 0 Å². The van der Waals surface area contributed by atoms with E-state index in [0.717, 1.165) is 47.8 Å². The Kier molecular flexibility index (Phi) is 5.67. The highest BCUT2D eigenvalue weighted by Crippen LogP contribution is 2.32. The maximum atomic E-state index is 12.5. The molecule has 0 bridgehead atoms. The van der Waals surface area contributed by atoms with Gasteiger partial charge in [-0.3, -0.25) is 14.5 Å². The van der Waals surface area contributed by atoms with Crippen LogP contribution in [0.5, 0.6) is 11.5 Å². The highest BCUT2D eigenvalue weighted by molar-refractivity contribution is 6.35. The second-order valence-corrected chi connectivity index (χ2v) is 7.37. The van der Waals surface area contributed by atoms with E-state index in [-0.39, 0.29) is 6.79 Å². The Balaban J connectivity index is 1.25. The van der Waals surface area contributed by atoms with Crippen molar-refractivity contribution in [3.05, 3.63) is 59.2 Å². The monoisotopic (exact) mass is 395 g/mol. The van der Waals surface area contributed by atoms with Gasteiger partial charge in [0.05, 0.1) is 0 Å². The fourth-order valence-corrected chi connectivity index (χ4v) is 3.61. The number of ether oxygens (including phenoxy) is 2. The van der Waals surface area contributed by atoms with Gasteiger partial charge in [-0.15, -0.1) is 0 Å². The normalized spacial score (nSPS) is 16.0. The topological polar surface area (TPSA) is 71.1 Å². The lowest BCUT2D eigenvalue weighted by Gasteiger charge is -2.34. The third-order valence-electron chi connectivity index (χ3n) is 5.40. The summed E-state index contributed by atoms with van der Waals surface area (Å²) in [5.41, 5.74) is 3.25. The zero-order valence-corrected chi connectivity index (χ0v) is 16.5. The molecule has 1 N–H and O–H groups in total.